The zero-order chi connectivity index (χ0) is 18.4. The van der Waals surface area contributed by atoms with E-state index in [2.05, 4.69) is 54.9 Å². The fourth-order valence-electron chi connectivity index (χ4n) is 3.00. The van der Waals surface area contributed by atoms with Crippen molar-refractivity contribution in [1.82, 2.24) is 9.88 Å². The molecule has 0 unspecified atom stereocenters. The summed E-state index contributed by atoms with van der Waals surface area (Å²) in [5.74, 6) is -0.325. The van der Waals surface area contributed by atoms with Crippen molar-refractivity contribution in [2.45, 2.75) is 40.0 Å². The Balaban J connectivity index is 1.99. The summed E-state index contributed by atoms with van der Waals surface area (Å²) in [5, 5.41) is 1.97. The summed E-state index contributed by atoms with van der Waals surface area (Å²) in [5.41, 5.74) is 5.58. The van der Waals surface area contributed by atoms with Gasteiger partial charge in [0.25, 0.3) is 11.1 Å². The molecule has 1 aliphatic rings. The summed E-state index contributed by atoms with van der Waals surface area (Å²) in [6, 6.07) is 10.6. The van der Waals surface area contributed by atoms with E-state index in [9.17, 15) is 9.59 Å². The maximum Gasteiger partial charge on any atom is 0.290 e. The average Bonchev–Trinajstić information content (AvgIpc) is 2.98. The van der Waals surface area contributed by atoms with Crippen LogP contribution in [0.2, 0.25) is 0 Å². The standard InChI is InChI=1S/C20H22N2O2S/c1-12-10-14(11-17-18(23)21-19(24)25-17)13(2)22(12)16-8-6-15(7-9-16)20(3,4)5/h6-11H,1-5H3,(H,21,23,24)/b17-11-. The van der Waals surface area contributed by atoms with Crippen LogP contribution < -0.4 is 5.32 Å². The highest BCUT2D eigenvalue weighted by Gasteiger charge is 2.25. The number of nitrogens with one attached hydrogen (secondary N) is 1. The van der Waals surface area contributed by atoms with Crippen molar-refractivity contribution >= 4 is 29.0 Å². The number of aromatic nitrogens is 1. The quantitative estimate of drug-likeness (QED) is 0.794. The van der Waals surface area contributed by atoms with Crippen LogP contribution in [0, 0.1) is 13.8 Å². The molecule has 5 heteroatoms. The molecule has 0 radical (unpaired) electrons. The van der Waals surface area contributed by atoms with Gasteiger partial charge in [-0.2, -0.15) is 0 Å². The molecule has 25 heavy (non-hydrogen) atoms. The van der Waals surface area contributed by atoms with Gasteiger partial charge < -0.3 is 4.57 Å². The van der Waals surface area contributed by atoms with Gasteiger partial charge in [-0.15, -0.1) is 0 Å². The second-order valence-corrected chi connectivity index (χ2v) is 8.33. The van der Waals surface area contributed by atoms with Crippen LogP contribution in [0.1, 0.15) is 43.3 Å². The molecule has 0 spiro atoms. The Morgan fingerprint density at radius 1 is 1.08 bits per heavy atom. The number of aryl methyl sites for hydroxylation is 1. The van der Waals surface area contributed by atoms with Crippen molar-refractivity contribution in [1.29, 1.82) is 0 Å². The van der Waals surface area contributed by atoms with E-state index < -0.39 is 0 Å². The molecule has 1 aliphatic heterocycles. The molecule has 0 saturated carbocycles. The van der Waals surface area contributed by atoms with E-state index in [-0.39, 0.29) is 16.6 Å². The number of nitrogens with zero attached hydrogens (tertiary/aromatic N) is 1. The van der Waals surface area contributed by atoms with Gasteiger partial charge in [-0.25, -0.2) is 0 Å². The fourth-order valence-corrected chi connectivity index (χ4v) is 3.68. The molecule has 1 fully saturated rings. The number of benzene rings is 1. The zero-order valence-corrected chi connectivity index (χ0v) is 16.0. The maximum absolute atomic E-state index is 11.8. The first kappa shape index (κ1) is 17.5. The lowest BCUT2D eigenvalue weighted by Gasteiger charge is -2.20. The Morgan fingerprint density at radius 2 is 1.72 bits per heavy atom. The Bertz CT molecular complexity index is 884. The van der Waals surface area contributed by atoms with Crippen LogP contribution in [0.4, 0.5) is 4.79 Å². The summed E-state index contributed by atoms with van der Waals surface area (Å²) in [6.45, 7) is 10.7. The number of carbonyl (C=O) groups is 2. The molecule has 1 saturated heterocycles. The monoisotopic (exact) mass is 354 g/mol. The predicted octanol–water partition coefficient (Wildman–Crippen LogP) is 4.72. The number of amides is 2. The summed E-state index contributed by atoms with van der Waals surface area (Å²) in [6.07, 6.45) is 1.78. The van der Waals surface area contributed by atoms with Gasteiger partial charge in [0.2, 0.25) is 0 Å². The van der Waals surface area contributed by atoms with Gasteiger partial charge in [0.1, 0.15) is 0 Å². The first-order chi connectivity index (χ1) is 11.7. The lowest BCUT2D eigenvalue weighted by Crippen LogP contribution is -2.17. The minimum Gasteiger partial charge on any atom is -0.318 e. The second kappa shape index (κ2) is 6.23. The molecule has 1 aromatic carbocycles. The number of hydrogen-bond acceptors (Lipinski definition) is 3. The highest BCUT2D eigenvalue weighted by molar-refractivity contribution is 8.18. The number of carbonyl (C=O) groups excluding carboxylic acids is 2. The van der Waals surface area contributed by atoms with Gasteiger partial charge in [0, 0.05) is 17.1 Å². The highest BCUT2D eigenvalue weighted by atomic mass is 32.2. The normalized spacial score (nSPS) is 16.6. The van der Waals surface area contributed by atoms with Gasteiger partial charge in [0.05, 0.1) is 4.91 Å². The predicted molar refractivity (Wildman–Crippen MR) is 103 cm³/mol. The third-order valence-electron chi connectivity index (χ3n) is 4.39. The summed E-state index contributed by atoms with van der Waals surface area (Å²) >= 11 is 0.945. The Labute approximate surface area is 152 Å². The molecule has 1 N–H and O–H groups in total. The molecule has 0 bridgehead atoms. The van der Waals surface area contributed by atoms with E-state index in [0.717, 1.165) is 34.4 Å². The molecule has 130 valence electrons. The molecular weight excluding hydrogens is 332 g/mol. The second-order valence-electron chi connectivity index (χ2n) is 7.31. The molecular formula is C20H22N2O2S. The number of imide groups is 1. The largest absolute Gasteiger partial charge is 0.318 e. The van der Waals surface area contributed by atoms with Gasteiger partial charge in [-0.3, -0.25) is 14.9 Å². The topological polar surface area (TPSA) is 51.1 Å². The van der Waals surface area contributed by atoms with Crippen LogP contribution in [-0.2, 0) is 10.2 Å². The van der Waals surface area contributed by atoms with Gasteiger partial charge in [-0.05, 0) is 66.4 Å². The van der Waals surface area contributed by atoms with Crippen molar-refractivity contribution in [3.05, 3.63) is 57.8 Å². The molecule has 0 atom stereocenters. The molecule has 2 amide bonds. The van der Waals surface area contributed by atoms with Crippen LogP contribution in [0.3, 0.4) is 0 Å². The van der Waals surface area contributed by atoms with Crippen molar-refractivity contribution < 1.29 is 9.59 Å². The molecule has 1 aromatic heterocycles. The first-order valence-electron chi connectivity index (χ1n) is 8.21. The van der Waals surface area contributed by atoms with Crippen LogP contribution in [-0.4, -0.2) is 15.7 Å². The van der Waals surface area contributed by atoms with Crippen LogP contribution in [0.25, 0.3) is 11.8 Å². The third-order valence-corrected chi connectivity index (χ3v) is 5.20. The SMILES string of the molecule is Cc1cc(/C=C2\SC(=O)NC2=O)c(C)n1-c1ccc(C(C)(C)C)cc1. The van der Waals surface area contributed by atoms with Crippen LogP contribution in [0.5, 0.6) is 0 Å². The summed E-state index contributed by atoms with van der Waals surface area (Å²) in [7, 11) is 0. The van der Waals surface area contributed by atoms with Gasteiger partial charge in [-0.1, -0.05) is 32.9 Å². The van der Waals surface area contributed by atoms with E-state index in [4.69, 9.17) is 0 Å². The van der Waals surface area contributed by atoms with Crippen LogP contribution >= 0.6 is 11.8 Å². The molecule has 2 heterocycles. The van der Waals surface area contributed by atoms with E-state index in [1.807, 2.05) is 19.9 Å². The fraction of sp³-hybridized carbons (Fsp3) is 0.300. The minimum atomic E-state index is -0.325. The Morgan fingerprint density at radius 3 is 2.24 bits per heavy atom. The van der Waals surface area contributed by atoms with Crippen molar-refractivity contribution in [2.75, 3.05) is 0 Å². The molecule has 4 nitrogen and oxygen atoms in total. The molecule has 2 aromatic rings. The smallest absolute Gasteiger partial charge is 0.290 e. The summed E-state index contributed by atoms with van der Waals surface area (Å²) < 4.78 is 2.16. The zero-order valence-electron chi connectivity index (χ0n) is 15.1. The van der Waals surface area contributed by atoms with Crippen molar-refractivity contribution in [3.63, 3.8) is 0 Å². The highest BCUT2D eigenvalue weighted by Crippen LogP contribution is 2.30. The Hall–Kier alpha value is -2.27. The number of rotatable bonds is 2. The Kier molecular flexibility index (Phi) is 4.37. The van der Waals surface area contributed by atoms with E-state index >= 15 is 0 Å². The van der Waals surface area contributed by atoms with E-state index in [1.54, 1.807) is 6.08 Å². The van der Waals surface area contributed by atoms with E-state index in [1.165, 1.54) is 5.56 Å². The van der Waals surface area contributed by atoms with Gasteiger partial charge in [0.15, 0.2) is 0 Å². The number of thioether (sulfide) groups is 1. The van der Waals surface area contributed by atoms with Gasteiger partial charge >= 0.3 is 0 Å². The van der Waals surface area contributed by atoms with Crippen molar-refractivity contribution in [3.8, 4) is 5.69 Å². The number of hydrogen-bond donors (Lipinski definition) is 1. The third kappa shape index (κ3) is 3.42. The lowest BCUT2D eigenvalue weighted by atomic mass is 9.87. The van der Waals surface area contributed by atoms with E-state index in [0.29, 0.717) is 4.91 Å². The van der Waals surface area contributed by atoms with Crippen LogP contribution in [0.15, 0.2) is 35.2 Å². The average molecular weight is 354 g/mol. The minimum absolute atomic E-state index is 0.120. The molecule has 3 rings (SSSR count). The van der Waals surface area contributed by atoms with Crippen molar-refractivity contribution in [2.24, 2.45) is 0 Å². The summed E-state index contributed by atoms with van der Waals surface area (Å²) in [4.78, 5) is 23.5. The first-order valence-corrected chi connectivity index (χ1v) is 9.03. The molecule has 0 aliphatic carbocycles. The maximum atomic E-state index is 11.8. The lowest BCUT2D eigenvalue weighted by molar-refractivity contribution is -0.115.